The molecule has 0 radical (unpaired) electrons. The smallest absolute Gasteiger partial charge is 0.276 e. The van der Waals surface area contributed by atoms with Gasteiger partial charge in [-0.05, 0) is 36.1 Å². The summed E-state index contributed by atoms with van der Waals surface area (Å²) < 4.78 is 0. The van der Waals surface area contributed by atoms with Crippen LogP contribution in [0.1, 0.15) is 25.6 Å². The van der Waals surface area contributed by atoms with Gasteiger partial charge < -0.3 is 5.73 Å². The van der Waals surface area contributed by atoms with Crippen LogP contribution in [0.2, 0.25) is 0 Å². The number of rotatable bonds is 1. The van der Waals surface area contributed by atoms with Crippen molar-refractivity contribution in [2.45, 2.75) is 6.92 Å². The van der Waals surface area contributed by atoms with E-state index < -0.39 is 0 Å². The molecule has 2 heterocycles. The monoisotopic (exact) mass is 258 g/mol. The molecule has 0 bridgehead atoms. The summed E-state index contributed by atoms with van der Waals surface area (Å²) in [5.74, 6) is -0.538. The van der Waals surface area contributed by atoms with E-state index in [-0.39, 0.29) is 11.8 Å². The van der Waals surface area contributed by atoms with Gasteiger partial charge in [-0.1, -0.05) is 6.07 Å². The highest BCUT2D eigenvalue weighted by Crippen LogP contribution is 2.34. The predicted molar refractivity (Wildman–Crippen MR) is 71.1 cm³/mol. The number of carbonyl (C=O) groups excluding carboxylic acids is 2. The van der Waals surface area contributed by atoms with Gasteiger partial charge in [0.05, 0.1) is 11.3 Å². The highest BCUT2D eigenvalue weighted by molar-refractivity contribution is 7.13. The van der Waals surface area contributed by atoms with E-state index in [1.165, 1.54) is 16.2 Å². The molecule has 2 aromatic rings. The Kier molecular flexibility index (Phi) is 2.24. The van der Waals surface area contributed by atoms with Crippen LogP contribution in [-0.4, -0.2) is 11.8 Å². The lowest BCUT2D eigenvalue weighted by Gasteiger charge is -2.17. The predicted octanol–water partition coefficient (Wildman–Crippen LogP) is 2.44. The zero-order valence-corrected chi connectivity index (χ0v) is 10.5. The molecule has 1 aromatic carbocycles. The summed E-state index contributed by atoms with van der Waals surface area (Å²) in [7, 11) is 0. The van der Waals surface area contributed by atoms with Crippen molar-refractivity contribution in [1.82, 2.24) is 0 Å². The van der Waals surface area contributed by atoms with Crippen LogP contribution in [0.4, 0.5) is 11.4 Å². The summed E-state index contributed by atoms with van der Waals surface area (Å²) in [6, 6.07) is 6.89. The maximum absolute atomic E-state index is 12.2. The van der Waals surface area contributed by atoms with Crippen LogP contribution in [0, 0.1) is 6.92 Å². The topological polar surface area (TPSA) is 63.4 Å². The first-order valence-corrected chi connectivity index (χ1v) is 6.30. The van der Waals surface area contributed by atoms with Gasteiger partial charge in [0, 0.05) is 5.69 Å². The van der Waals surface area contributed by atoms with Gasteiger partial charge in [0.25, 0.3) is 11.8 Å². The Morgan fingerprint density at radius 1 is 1.17 bits per heavy atom. The van der Waals surface area contributed by atoms with Crippen LogP contribution in [0.3, 0.4) is 0 Å². The zero-order chi connectivity index (χ0) is 12.9. The minimum Gasteiger partial charge on any atom is -0.399 e. The number of carbonyl (C=O) groups is 2. The normalized spacial score (nSPS) is 14.2. The molecule has 0 saturated carbocycles. The molecular weight excluding hydrogens is 248 g/mol. The second kappa shape index (κ2) is 3.68. The molecule has 1 aliphatic heterocycles. The van der Waals surface area contributed by atoms with Crippen molar-refractivity contribution >= 4 is 34.5 Å². The van der Waals surface area contributed by atoms with Crippen molar-refractivity contribution < 1.29 is 9.59 Å². The van der Waals surface area contributed by atoms with Gasteiger partial charge in [0.15, 0.2) is 0 Å². The lowest BCUT2D eigenvalue weighted by Crippen LogP contribution is -2.30. The molecule has 0 saturated heterocycles. The van der Waals surface area contributed by atoms with Gasteiger partial charge in [-0.3, -0.25) is 9.59 Å². The second-order valence-electron chi connectivity index (χ2n) is 4.16. The molecule has 18 heavy (non-hydrogen) atoms. The molecule has 1 aromatic heterocycles. The van der Waals surface area contributed by atoms with Gasteiger partial charge in [-0.25, -0.2) is 4.90 Å². The lowest BCUT2D eigenvalue weighted by atomic mass is 10.1. The maximum Gasteiger partial charge on any atom is 0.276 e. The van der Waals surface area contributed by atoms with E-state index in [9.17, 15) is 9.59 Å². The number of anilines is 2. The Balaban J connectivity index is 2.15. The SMILES string of the molecule is Cc1ccc(N)cc1N1C(=O)c2ccsc2C1=O. The third kappa shape index (κ3) is 1.37. The summed E-state index contributed by atoms with van der Waals surface area (Å²) >= 11 is 1.29. The second-order valence-corrected chi connectivity index (χ2v) is 5.07. The van der Waals surface area contributed by atoms with E-state index in [1.807, 2.05) is 6.92 Å². The van der Waals surface area contributed by atoms with Crippen LogP contribution in [0.5, 0.6) is 0 Å². The zero-order valence-electron chi connectivity index (χ0n) is 9.64. The average molecular weight is 258 g/mol. The molecule has 2 N–H and O–H groups in total. The van der Waals surface area contributed by atoms with Crippen molar-refractivity contribution in [2.75, 3.05) is 10.6 Å². The fourth-order valence-electron chi connectivity index (χ4n) is 2.04. The Labute approximate surface area is 108 Å². The van der Waals surface area contributed by atoms with Crippen molar-refractivity contribution in [3.05, 3.63) is 45.6 Å². The Hall–Kier alpha value is -2.14. The number of hydrogen-bond acceptors (Lipinski definition) is 4. The van der Waals surface area contributed by atoms with Gasteiger partial charge in [0.1, 0.15) is 4.88 Å². The molecule has 5 heteroatoms. The average Bonchev–Trinajstić information content (AvgIpc) is 2.89. The number of nitrogen functional groups attached to an aromatic ring is 1. The first-order chi connectivity index (χ1) is 8.59. The van der Waals surface area contributed by atoms with E-state index >= 15 is 0 Å². The first-order valence-electron chi connectivity index (χ1n) is 5.42. The molecule has 90 valence electrons. The minimum absolute atomic E-state index is 0.265. The van der Waals surface area contributed by atoms with Gasteiger partial charge in [0.2, 0.25) is 0 Å². The summed E-state index contributed by atoms with van der Waals surface area (Å²) in [4.78, 5) is 26.1. The summed E-state index contributed by atoms with van der Waals surface area (Å²) in [6.07, 6.45) is 0. The van der Waals surface area contributed by atoms with Crippen molar-refractivity contribution in [2.24, 2.45) is 0 Å². The highest BCUT2D eigenvalue weighted by Gasteiger charge is 2.38. The quantitative estimate of drug-likeness (QED) is 0.631. The van der Waals surface area contributed by atoms with E-state index in [1.54, 1.807) is 29.6 Å². The number of imide groups is 1. The molecule has 0 aliphatic carbocycles. The molecule has 2 amide bonds. The summed E-state index contributed by atoms with van der Waals surface area (Å²) in [5.41, 5.74) is 8.14. The van der Waals surface area contributed by atoms with Crippen LogP contribution < -0.4 is 10.6 Å². The van der Waals surface area contributed by atoms with Gasteiger partial charge in [-0.2, -0.15) is 0 Å². The number of amides is 2. The Bertz CT molecular complexity index is 645. The molecule has 0 unspecified atom stereocenters. The third-order valence-electron chi connectivity index (χ3n) is 2.97. The molecule has 3 rings (SSSR count). The number of nitrogens with two attached hydrogens (primary N) is 1. The summed E-state index contributed by atoms with van der Waals surface area (Å²) in [5, 5.41) is 1.75. The van der Waals surface area contributed by atoms with E-state index in [0.717, 1.165) is 5.56 Å². The highest BCUT2D eigenvalue weighted by atomic mass is 32.1. The fraction of sp³-hybridized carbons (Fsp3) is 0.0769. The first kappa shape index (κ1) is 11.0. The maximum atomic E-state index is 12.2. The number of benzene rings is 1. The van der Waals surface area contributed by atoms with Gasteiger partial charge in [-0.15, -0.1) is 11.3 Å². The van der Waals surface area contributed by atoms with Crippen LogP contribution >= 0.6 is 11.3 Å². The van der Waals surface area contributed by atoms with E-state index in [2.05, 4.69) is 0 Å². The van der Waals surface area contributed by atoms with Crippen LogP contribution in [0.25, 0.3) is 0 Å². The van der Waals surface area contributed by atoms with Crippen molar-refractivity contribution in [3.63, 3.8) is 0 Å². The minimum atomic E-state index is -0.273. The lowest BCUT2D eigenvalue weighted by molar-refractivity contribution is 0.0927. The molecule has 0 atom stereocenters. The fourth-order valence-corrected chi connectivity index (χ4v) is 2.86. The number of hydrogen-bond donors (Lipinski definition) is 1. The molecular formula is C13H10N2O2S. The number of aryl methyl sites for hydroxylation is 1. The van der Waals surface area contributed by atoms with Crippen LogP contribution in [-0.2, 0) is 0 Å². The molecule has 1 aliphatic rings. The van der Waals surface area contributed by atoms with Crippen molar-refractivity contribution in [1.29, 1.82) is 0 Å². The largest absolute Gasteiger partial charge is 0.399 e. The molecule has 0 spiro atoms. The molecule has 4 nitrogen and oxygen atoms in total. The summed E-state index contributed by atoms with van der Waals surface area (Å²) in [6.45, 7) is 1.85. The van der Waals surface area contributed by atoms with E-state index in [0.29, 0.717) is 21.8 Å². The Morgan fingerprint density at radius 3 is 2.67 bits per heavy atom. The van der Waals surface area contributed by atoms with E-state index in [4.69, 9.17) is 5.73 Å². The molecule has 0 fully saturated rings. The number of nitrogens with zero attached hydrogens (tertiary/aromatic N) is 1. The number of fused-ring (bicyclic) bond motifs is 1. The Morgan fingerprint density at radius 2 is 1.94 bits per heavy atom. The standard InChI is InChI=1S/C13H10N2O2S/c1-7-2-3-8(14)6-10(7)15-12(16)9-4-5-18-11(9)13(15)17/h2-6H,14H2,1H3. The van der Waals surface area contributed by atoms with Gasteiger partial charge >= 0.3 is 0 Å². The third-order valence-corrected chi connectivity index (χ3v) is 3.87. The van der Waals surface area contributed by atoms with Crippen molar-refractivity contribution in [3.8, 4) is 0 Å². The number of thiophene rings is 1. The van der Waals surface area contributed by atoms with Crippen LogP contribution in [0.15, 0.2) is 29.6 Å².